The molecule has 0 saturated heterocycles. The fourth-order valence-electron chi connectivity index (χ4n) is 2.31. The summed E-state index contributed by atoms with van der Waals surface area (Å²) in [6.45, 7) is 6.28. The van der Waals surface area contributed by atoms with E-state index in [4.69, 9.17) is 4.74 Å². The second-order valence-corrected chi connectivity index (χ2v) is 5.82. The number of halogens is 1. The zero-order valence-corrected chi connectivity index (χ0v) is 15.1. The first kappa shape index (κ1) is 18.9. The van der Waals surface area contributed by atoms with Crippen molar-refractivity contribution in [2.24, 2.45) is 4.99 Å². The molecule has 2 N–H and O–H groups in total. The van der Waals surface area contributed by atoms with E-state index in [1.165, 1.54) is 0 Å². The number of benzene rings is 2. The van der Waals surface area contributed by atoms with Gasteiger partial charge in [-0.3, -0.25) is 4.99 Å². The monoisotopic (exact) mass is 343 g/mol. The van der Waals surface area contributed by atoms with Gasteiger partial charge in [-0.1, -0.05) is 36.4 Å². The third kappa shape index (κ3) is 6.19. The minimum Gasteiger partial charge on any atom is -0.377 e. The number of hydrogen-bond donors (Lipinski definition) is 2. The predicted molar refractivity (Wildman–Crippen MR) is 99.9 cm³/mol. The van der Waals surface area contributed by atoms with Crippen molar-refractivity contribution in [2.45, 2.75) is 33.5 Å². The first-order valence-corrected chi connectivity index (χ1v) is 8.47. The Kier molecular flexibility index (Phi) is 7.41. The Balaban J connectivity index is 1.82. The normalized spacial score (nSPS) is 11.4. The summed E-state index contributed by atoms with van der Waals surface area (Å²) in [5.41, 5.74) is 3.85. The lowest BCUT2D eigenvalue weighted by molar-refractivity contribution is 0.134. The molecule has 0 radical (unpaired) electrons. The van der Waals surface area contributed by atoms with Crippen LogP contribution < -0.4 is 10.6 Å². The molecule has 25 heavy (non-hydrogen) atoms. The Labute approximate surface area is 149 Å². The highest BCUT2D eigenvalue weighted by Gasteiger charge is 2.02. The lowest BCUT2D eigenvalue weighted by Gasteiger charge is -2.13. The van der Waals surface area contributed by atoms with E-state index in [-0.39, 0.29) is 5.82 Å². The van der Waals surface area contributed by atoms with Gasteiger partial charge in [0.05, 0.1) is 6.61 Å². The summed E-state index contributed by atoms with van der Waals surface area (Å²) >= 11 is 0. The maximum absolute atomic E-state index is 13.6. The first-order chi connectivity index (χ1) is 12.1. The van der Waals surface area contributed by atoms with Gasteiger partial charge < -0.3 is 15.4 Å². The van der Waals surface area contributed by atoms with E-state index < -0.39 is 0 Å². The van der Waals surface area contributed by atoms with Crippen LogP contribution in [0.3, 0.4) is 0 Å². The van der Waals surface area contributed by atoms with Crippen LogP contribution in [0.25, 0.3) is 0 Å². The van der Waals surface area contributed by atoms with E-state index in [0.29, 0.717) is 31.2 Å². The van der Waals surface area contributed by atoms with Crippen LogP contribution in [0.15, 0.2) is 47.5 Å². The molecule has 5 heteroatoms. The average molecular weight is 343 g/mol. The lowest BCUT2D eigenvalue weighted by atomic mass is 10.1. The zero-order chi connectivity index (χ0) is 18.1. The van der Waals surface area contributed by atoms with Crippen LogP contribution in [-0.2, 0) is 24.4 Å². The molecule has 0 saturated carbocycles. The molecule has 0 fully saturated rings. The van der Waals surface area contributed by atoms with Crippen LogP contribution in [0.4, 0.5) is 4.39 Å². The Morgan fingerprint density at radius 1 is 1.00 bits per heavy atom. The van der Waals surface area contributed by atoms with Gasteiger partial charge in [-0.05, 0) is 42.2 Å². The number of aryl methyl sites for hydroxylation is 1. The molecule has 0 atom stereocenters. The molecule has 0 heterocycles. The first-order valence-electron chi connectivity index (χ1n) is 8.47. The quantitative estimate of drug-likeness (QED) is 0.597. The smallest absolute Gasteiger partial charge is 0.191 e. The van der Waals surface area contributed by atoms with E-state index in [1.807, 2.05) is 13.0 Å². The van der Waals surface area contributed by atoms with Crippen molar-refractivity contribution in [1.82, 2.24) is 10.6 Å². The number of guanidine groups is 1. The van der Waals surface area contributed by atoms with Gasteiger partial charge in [-0.2, -0.15) is 0 Å². The molecular formula is C20H26FN3O. The van der Waals surface area contributed by atoms with Gasteiger partial charge >= 0.3 is 0 Å². The fraction of sp³-hybridized carbons (Fsp3) is 0.350. The van der Waals surface area contributed by atoms with Crippen molar-refractivity contribution in [1.29, 1.82) is 0 Å². The van der Waals surface area contributed by atoms with Crippen LogP contribution in [0.2, 0.25) is 0 Å². The number of ether oxygens (including phenoxy) is 1. The topological polar surface area (TPSA) is 45.6 Å². The van der Waals surface area contributed by atoms with Crippen LogP contribution in [0.1, 0.15) is 29.2 Å². The molecule has 0 aliphatic heterocycles. The number of rotatable bonds is 7. The molecular weight excluding hydrogens is 317 g/mol. The van der Waals surface area contributed by atoms with Gasteiger partial charge in [-0.15, -0.1) is 0 Å². The molecule has 2 aromatic rings. The number of nitrogens with zero attached hydrogens (tertiary/aromatic N) is 1. The van der Waals surface area contributed by atoms with E-state index >= 15 is 0 Å². The van der Waals surface area contributed by atoms with Gasteiger partial charge in [-0.25, -0.2) is 4.39 Å². The number of aliphatic imine (C=N–C) groups is 1. The van der Waals surface area contributed by atoms with Crippen LogP contribution in [0, 0.1) is 12.7 Å². The largest absolute Gasteiger partial charge is 0.377 e. The molecule has 4 nitrogen and oxygen atoms in total. The summed E-state index contributed by atoms with van der Waals surface area (Å²) in [5, 5.41) is 6.45. The van der Waals surface area contributed by atoms with Gasteiger partial charge in [0.15, 0.2) is 5.96 Å². The van der Waals surface area contributed by atoms with Crippen LogP contribution in [-0.4, -0.2) is 19.6 Å². The second kappa shape index (κ2) is 9.79. The highest BCUT2D eigenvalue weighted by atomic mass is 19.1. The predicted octanol–water partition coefficient (Wildman–Crippen LogP) is 3.54. The Bertz CT molecular complexity index is 699. The molecule has 0 aliphatic carbocycles. The van der Waals surface area contributed by atoms with Gasteiger partial charge in [0.25, 0.3) is 0 Å². The third-order valence-electron chi connectivity index (χ3n) is 3.88. The number of nitrogens with one attached hydrogen (secondary N) is 2. The molecule has 0 bridgehead atoms. The highest BCUT2D eigenvalue weighted by molar-refractivity contribution is 5.79. The van der Waals surface area contributed by atoms with Crippen molar-refractivity contribution >= 4 is 5.96 Å². The average Bonchev–Trinajstić information content (AvgIpc) is 2.64. The van der Waals surface area contributed by atoms with Gasteiger partial charge in [0.2, 0.25) is 0 Å². The molecule has 2 aromatic carbocycles. The van der Waals surface area contributed by atoms with E-state index in [0.717, 1.165) is 23.3 Å². The lowest BCUT2D eigenvalue weighted by Crippen LogP contribution is -2.36. The van der Waals surface area contributed by atoms with Gasteiger partial charge in [0.1, 0.15) is 5.82 Å². The van der Waals surface area contributed by atoms with Crippen molar-refractivity contribution < 1.29 is 9.13 Å². The molecule has 0 amide bonds. The molecule has 0 aliphatic rings. The summed E-state index contributed by atoms with van der Waals surface area (Å²) in [7, 11) is 1.72. The summed E-state index contributed by atoms with van der Waals surface area (Å²) in [6, 6.07) is 13.5. The Morgan fingerprint density at radius 2 is 1.60 bits per heavy atom. The van der Waals surface area contributed by atoms with Crippen LogP contribution in [0.5, 0.6) is 0 Å². The summed E-state index contributed by atoms with van der Waals surface area (Å²) < 4.78 is 19.0. The molecule has 134 valence electrons. The van der Waals surface area contributed by atoms with E-state index in [1.54, 1.807) is 26.1 Å². The van der Waals surface area contributed by atoms with Crippen LogP contribution >= 0.6 is 0 Å². The molecule has 2 rings (SSSR count). The highest BCUT2D eigenvalue weighted by Crippen LogP contribution is 2.09. The van der Waals surface area contributed by atoms with Crippen molar-refractivity contribution in [3.05, 3.63) is 70.5 Å². The summed E-state index contributed by atoms with van der Waals surface area (Å²) in [4.78, 5) is 4.20. The molecule has 0 unspecified atom stereocenters. The van der Waals surface area contributed by atoms with Crippen molar-refractivity contribution in [2.75, 3.05) is 13.7 Å². The van der Waals surface area contributed by atoms with Gasteiger partial charge in [0, 0.05) is 26.7 Å². The summed E-state index contributed by atoms with van der Waals surface area (Å²) in [6.07, 6.45) is 0. The number of hydrogen-bond acceptors (Lipinski definition) is 2. The molecule has 0 spiro atoms. The van der Waals surface area contributed by atoms with Crippen molar-refractivity contribution in [3.63, 3.8) is 0 Å². The Morgan fingerprint density at radius 3 is 2.20 bits per heavy atom. The molecule has 0 aromatic heterocycles. The minimum absolute atomic E-state index is 0.186. The maximum atomic E-state index is 13.6. The summed E-state index contributed by atoms with van der Waals surface area (Å²) in [5.74, 6) is 0.494. The standard InChI is InChI=1S/C20H26FN3O/c1-4-25-14-17-9-7-16(8-10-17)12-23-20(22-3)24-13-18-6-5-15(2)19(21)11-18/h5-11H,4,12-14H2,1-3H3,(H2,22,23,24). The van der Waals surface area contributed by atoms with E-state index in [9.17, 15) is 4.39 Å². The minimum atomic E-state index is -0.186. The third-order valence-corrected chi connectivity index (χ3v) is 3.88. The maximum Gasteiger partial charge on any atom is 0.191 e. The van der Waals surface area contributed by atoms with E-state index in [2.05, 4.69) is 39.9 Å². The van der Waals surface area contributed by atoms with Crippen molar-refractivity contribution in [3.8, 4) is 0 Å². The zero-order valence-electron chi connectivity index (χ0n) is 15.1. The SMILES string of the molecule is CCOCc1ccc(CNC(=NC)NCc2ccc(C)c(F)c2)cc1. The Hall–Kier alpha value is -2.40. The fourth-order valence-corrected chi connectivity index (χ4v) is 2.31. The second-order valence-electron chi connectivity index (χ2n) is 5.82.